The summed E-state index contributed by atoms with van der Waals surface area (Å²) in [5, 5.41) is 75.6. The van der Waals surface area contributed by atoms with Gasteiger partial charge in [0, 0.05) is 0 Å². The van der Waals surface area contributed by atoms with Crippen LogP contribution in [0, 0.1) is 45.3 Å². The monoisotopic (exact) mass is 636 g/mol. The largest absolute Gasteiger partial charge is 0.394 e. The van der Waals surface area contributed by atoms with E-state index >= 15 is 0 Å². The van der Waals surface area contributed by atoms with Gasteiger partial charge >= 0.3 is 0 Å². The number of aliphatic hydroxyl groups excluding tert-OH is 7. The Morgan fingerprint density at radius 3 is 2.24 bits per heavy atom. The van der Waals surface area contributed by atoms with E-state index in [1.807, 2.05) is 6.92 Å². The molecule has 0 aromatic rings. The van der Waals surface area contributed by atoms with Gasteiger partial charge in [-0.05, 0) is 104 Å². The van der Waals surface area contributed by atoms with Gasteiger partial charge in [-0.2, -0.15) is 0 Å². The van der Waals surface area contributed by atoms with Crippen LogP contribution in [0.5, 0.6) is 0 Å². The summed E-state index contributed by atoms with van der Waals surface area (Å²) < 4.78 is 12.6. The molecule has 5 aliphatic rings. The van der Waals surface area contributed by atoms with E-state index in [9.17, 15) is 35.7 Å². The number of allylic oxidation sites excluding steroid dienone is 1. The van der Waals surface area contributed by atoms with Crippen LogP contribution >= 0.6 is 0 Å². The number of fused-ring (bicyclic) bond motifs is 5. The van der Waals surface area contributed by atoms with E-state index in [-0.39, 0.29) is 39.9 Å². The van der Waals surface area contributed by atoms with Gasteiger partial charge in [0.15, 0.2) is 6.29 Å². The summed E-state index contributed by atoms with van der Waals surface area (Å²) in [4.78, 5) is 0. The number of hydrogen-bond donors (Lipinski definition) is 7. The van der Waals surface area contributed by atoms with Gasteiger partial charge in [0.1, 0.15) is 24.4 Å². The molecule has 9 nitrogen and oxygen atoms in total. The van der Waals surface area contributed by atoms with E-state index in [0.717, 1.165) is 24.8 Å². The fourth-order valence-electron chi connectivity index (χ4n) is 11.5. The molecule has 0 amide bonds. The van der Waals surface area contributed by atoms with Gasteiger partial charge in [0.2, 0.25) is 0 Å². The van der Waals surface area contributed by atoms with E-state index in [4.69, 9.17) is 9.47 Å². The number of ether oxygens (including phenoxy) is 2. The molecule has 7 N–H and O–H groups in total. The minimum Gasteiger partial charge on any atom is -0.394 e. The Labute approximate surface area is 269 Å². The fraction of sp³-hybridized carbons (Fsp3) is 0.889. The lowest BCUT2D eigenvalue weighted by atomic mass is 9.34. The lowest BCUT2D eigenvalue weighted by molar-refractivity contribution is -0.346. The molecular formula is C36H60O9. The molecule has 0 aromatic carbocycles. The highest BCUT2D eigenvalue weighted by Crippen LogP contribution is 2.76. The molecule has 0 radical (unpaired) electrons. The number of hydrogen-bond acceptors (Lipinski definition) is 9. The van der Waals surface area contributed by atoms with Crippen LogP contribution in [0.25, 0.3) is 0 Å². The Balaban J connectivity index is 1.54. The van der Waals surface area contributed by atoms with E-state index < -0.39 is 67.1 Å². The molecule has 258 valence electrons. The van der Waals surface area contributed by atoms with Crippen LogP contribution < -0.4 is 0 Å². The zero-order valence-electron chi connectivity index (χ0n) is 28.4. The molecule has 9 heteroatoms. The van der Waals surface area contributed by atoms with Gasteiger partial charge < -0.3 is 45.2 Å². The summed E-state index contributed by atoms with van der Waals surface area (Å²) in [6.45, 7) is 18.4. The van der Waals surface area contributed by atoms with Gasteiger partial charge in [-0.1, -0.05) is 58.4 Å². The second-order valence-electron chi connectivity index (χ2n) is 16.8. The van der Waals surface area contributed by atoms with Crippen molar-refractivity contribution in [3.63, 3.8) is 0 Å². The lowest BCUT2D eigenvalue weighted by Gasteiger charge is -2.72. The summed E-state index contributed by atoms with van der Waals surface area (Å²) in [6, 6.07) is 0. The van der Waals surface area contributed by atoms with Crippen molar-refractivity contribution >= 4 is 0 Å². The van der Waals surface area contributed by atoms with Crippen LogP contribution in [0.15, 0.2) is 23.8 Å². The molecule has 4 saturated carbocycles. The highest BCUT2D eigenvalue weighted by molar-refractivity contribution is 5.24. The molecule has 0 aromatic heterocycles. The van der Waals surface area contributed by atoms with Crippen molar-refractivity contribution in [1.29, 1.82) is 0 Å². The average Bonchev–Trinajstić information content (AvgIpc) is 3.35. The average molecular weight is 637 g/mol. The Morgan fingerprint density at radius 1 is 0.956 bits per heavy atom. The summed E-state index contributed by atoms with van der Waals surface area (Å²) in [6.07, 6.45) is -1.78. The van der Waals surface area contributed by atoms with Gasteiger partial charge in [0.25, 0.3) is 0 Å². The van der Waals surface area contributed by atoms with Gasteiger partial charge in [-0.15, -0.1) is 0 Å². The quantitative estimate of drug-likeness (QED) is 0.165. The molecule has 5 rings (SSSR count). The van der Waals surface area contributed by atoms with Crippen molar-refractivity contribution in [3.05, 3.63) is 23.8 Å². The van der Waals surface area contributed by atoms with Crippen LogP contribution in [0.3, 0.4) is 0 Å². The molecule has 4 aliphatic carbocycles. The molecule has 5 fully saturated rings. The molecule has 1 saturated heterocycles. The molecule has 45 heavy (non-hydrogen) atoms. The standard InChI is InChI=1S/C36H60O9/c1-18(2)21(38)10-9-19(3)20-11-14-35(7)27(20)22(39)15-25-34(6)13-12-26(40)33(4,5)31(34)23(16-36(25,35)8)44-32-30(43)29(42)28(41)24(17-37)45-32/h9,20-32,37-43H,1,10-17H2,2-8H3/b19-9+/t20-,21-,22-,23+,24-,25-,26+,27+,28-,29+,30-,31+,32-,34-,35-,36-/m1/s1. The molecule has 1 heterocycles. The van der Waals surface area contributed by atoms with Crippen LogP contribution in [0.1, 0.15) is 93.4 Å². The van der Waals surface area contributed by atoms with Crippen LogP contribution in [0.4, 0.5) is 0 Å². The van der Waals surface area contributed by atoms with Gasteiger partial charge in [-0.25, -0.2) is 0 Å². The SMILES string of the molecule is C=C(C)[C@H](O)C/C=C(\C)[C@H]1CC[C@]2(C)[C@@H]1[C@H](O)C[C@@H]1[C@@]3(C)CC[C@H](O)C(C)(C)[C@@H]3[C@@H](O[C@@H]3O[C@H](CO)[C@@H](O)[C@H](O)[C@H]3O)C[C@]12C. The van der Waals surface area contributed by atoms with Gasteiger partial charge in [0.05, 0.1) is 31.0 Å². The molecule has 16 atom stereocenters. The maximum Gasteiger partial charge on any atom is 0.186 e. The van der Waals surface area contributed by atoms with E-state index in [0.29, 0.717) is 25.7 Å². The Morgan fingerprint density at radius 2 is 1.62 bits per heavy atom. The first kappa shape index (κ1) is 35.4. The summed E-state index contributed by atoms with van der Waals surface area (Å²) in [5.74, 6) is 0.210. The number of rotatable bonds is 7. The first-order valence-electron chi connectivity index (χ1n) is 17.2. The van der Waals surface area contributed by atoms with E-state index in [1.165, 1.54) is 5.57 Å². The van der Waals surface area contributed by atoms with Crippen LogP contribution in [-0.2, 0) is 9.47 Å². The second kappa shape index (κ2) is 12.2. The third kappa shape index (κ3) is 5.41. The van der Waals surface area contributed by atoms with Crippen molar-refractivity contribution in [3.8, 4) is 0 Å². The predicted molar refractivity (Wildman–Crippen MR) is 170 cm³/mol. The molecule has 1 aliphatic heterocycles. The maximum atomic E-state index is 12.0. The van der Waals surface area contributed by atoms with Gasteiger partial charge in [-0.3, -0.25) is 0 Å². The highest BCUT2D eigenvalue weighted by atomic mass is 16.7. The third-order valence-corrected chi connectivity index (χ3v) is 14.2. The summed E-state index contributed by atoms with van der Waals surface area (Å²) in [7, 11) is 0. The van der Waals surface area contributed by atoms with E-state index in [1.54, 1.807) is 0 Å². The topological polar surface area (TPSA) is 160 Å². The van der Waals surface area contributed by atoms with E-state index in [2.05, 4.69) is 54.2 Å². The Bertz CT molecular complexity index is 1140. The van der Waals surface area contributed by atoms with Crippen LogP contribution in [0.2, 0.25) is 0 Å². The van der Waals surface area contributed by atoms with Crippen molar-refractivity contribution in [2.45, 2.75) is 149 Å². The zero-order chi connectivity index (χ0) is 33.4. The molecule has 0 bridgehead atoms. The summed E-state index contributed by atoms with van der Waals surface area (Å²) in [5.41, 5.74) is 0.564. The highest BCUT2D eigenvalue weighted by Gasteiger charge is 2.72. The van der Waals surface area contributed by atoms with Crippen molar-refractivity contribution in [1.82, 2.24) is 0 Å². The van der Waals surface area contributed by atoms with Crippen molar-refractivity contribution < 1.29 is 45.2 Å². The summed E-state index contributed by atoms with van der Waals surface area (Å²) >= 11 is 0. The third-order valence-electron chi connectivity index (χ3n) is 14.2. The van der Waals surface area contributed by atoms with Crippen molar-refractivity contribution in [2.24, 2.45) is 45.3 Å². The predicted octanol–water partition coefficient (Wildman–Crippen LogP) is 3.07. The zero-order valence-corrected chi connectivity index (χ0v) is 28.4. The second-order valence-corrected chi connectivity index (χ2v) is 16.8. The molecular weight excluding hydrogens is 576 g/mol. The van der Waals surface area contributed by atoms with Crippen molar-refractivity contribution in [2.75, 3.05) is 6.61 Å². The number of aliphatic hydroxyl groups is 7. The van der Waals surface area contributed by atoms with Crippen LogP contribution in [-0.4, -0.2) is 97.5 Å². The first-order chi connectivity index (χ1) is 20.8. The Kier molecular flexibility index (Phi) is 9.62. The molecule has 0 unspecified atom stereocenters. The fourth-order valence-corrected chi connectivity index (χ4v) is 11.5. The maximum absolute atomic E-state index is 12.0. The minimum absolute atomic E-state index is 0.0206. The smallest absolute Gasteiger partial charge is 0.186 e. The minimum atomic E-state index is -1.54. The Hall–Kier alpha value is -0.880. The molecule has 0 spiro atoms. The normalized spacial score (nSPS) is 52.0. The first-order valence-corrected chi connectivity index (χ1v) is 17.2. The lowest BCUT2D eigenvalue weighted by Crippen LogP contribution is -2.70.